The fourth-order valence-electron chi connectivity index (χ4n) is 2.51. The normalized spacial score (nSPS) is 17.4. The maximum atomic E-state index is 5.79. The van der Waals surface area contributed by atoms with E-state index in [4.69, 9.17) is 4.74 Å². The Balaban J connectivity index is 1.66. The third kappa shape index (κ3) is 5.41. The topological polar surface area (TPSA) is 33.6 Å². The van der Waals surface area contributed by atoms with Crippen molar-refractivity contribution in [1.29, 1.82) is 0 Å². The Kier molecular flexibility index (Phi) is 6.58. The van der Waals surface area contributed by atoms with Gasteiger partial charge in [0, 0.05) is 11.6 Å². The van der Waals surface area contributed by atoms with Gasteiger partial charge in [0.05, 0.1) is 13.2 Å². The molecule has 0 bridgehead atoms. The molecule has 3 nitrogen and oxygen atoms in total. The lowest BCUT2D eigenvalue weighted by atomic mass is 10.1. The lowest BCUT2D eigenvalue weighted by molar-refractivity contribution is 0.304. The standard InChI is InChI=1S/C18H28N2O/c1-3-4-5-6-7-8-13-21-17-11-9-16(10-12-17)18-19-14-15(2)20-18/h9-12,15H,3-8,13-14H2,1-2H3,(H,19,20)/t15-/m0/s1. The van der Waals surface area contributed by atoms with Gasteiger partial charge in [-0.1, -0.05) is 39.0 Å². The van der Waals surface area contributed by atoms with Crippen LogP contribution in [-0.2, 0) is 0 Å². The lowest BCUT2D eigenvalue weighted by Crippen LogP contribution is -2.27. The van der Waals surface area contributed by atoms with Crippen LogP contribution in [-0.4, -0.2) is 25.0 Å². The smallest absolute Gasteiger partial charge is 0.128 e. The Morgan fingerprint density at radius 2 is 1.81 bits per heavy atom. The van der Waals surface area contributed by atoms with Crippen LogP contribution in [0.4, 0.5) is 0 Å². The van der Waals surface area contributed by atoms with Gasteiger partial charge >= 0.3 is 0 Å². The first-order valence-electron chi connectivity index (χ1n) is 8.34. The van der Waals surface area contributed by atoms with Crippen LogP contribution in [0, 0.1) is 0 Å². The Morgan fingerprint density at radius 1 is 1.10 bits per heavy atom. The number of unbranched alkanes of at least 4 members (excludes halogenated alkanes) is 5. The summed E-state index contributed by atoms with van der Waals surface area (Å²) in [5.74, 6) is 1.96. The second-order valence-corrected chi connectivity index (χ2v) is 5.88. The molecule has 1 aromatic carbocycles. The fourth-order valence-corrected chi connectivity index (χ4v) is 2.51. The Morgan fingerprint density at radius 3 is 2.48 bits per heavy atom. The predicted molar refractivity (Wildman–Crippen MR) is 89.3 cm³/mol. The van der Waals surface area contributed by atoms with E-state index in [0.717, 1.165) is 36.7 Å². The molecular weight excluding hydrogens is 260 g/mol. The summed E-state index contributed by atoms with van der Waals surface area (Å²) < 4.78 is 5.79. The molecule has 2 rings (SSSR count). The van der Waals surface area contributed by atoms with Gasteiger partial charge < -0.3 is 10.1 Å². The van der Waals surface area contributed by atoms with Gasteiger partial charge in [-0.2, -0.15) is 0 Å². The van der Waals surface area contributed by atoms with Gasteiger partial charge in [-0.3, -0.25) is 4.99 Å². The summed E-state index contributed by atoms with van der Waals surface area (Å²) in [5.41, 5.74) is 1.14. The number of aliphatic imine (C=N–C) groups is 1. The predicted octanol–water partition coefficient (Wildman–Crippen LogP) is 4.16. The minimum atomic E-state index is 0.448. The van der Waals surface area contributed by atoms with E-state index in [1.165, 1.54) is 32.1 Å². The quantitative estimate of drug-likeness (QED) is 0.692. The number of nitrogens with one attached hydrogen (secondary N) is 1. The highest BCUT2D eigenvalue weighted by Gasteiger charge is 2.13. The maximum Gasteiger partial charge on any atom is 0.128 e. The van der Waals surface area contributed by atoms with Crippen molar-refractivity contribution in [2.24, 2.45) is 4.99 Å². The molecule has 21 heavy (non-hydrogen) atoms. The van der Waals surface area contributed by atoms with Crippen LogP contribution in [0.5, 0.6) is 5.75 Å². The summed E-state index contributed by atoms with van der Waals surface area (Å²) in [6.07, 6.45) is 7.78. The molecule has 0 aliphatic carbocycles. The number of amidine groups is 1. The van der Waals surface area contributed by atoms with Gasteiger partial charge in [0.25, 0.3) is 0 Å². The minimum absolute atomic E-state index is 0.448. The Hall–Kier alpha value is -1.51. The van der Waals surface area contributed by atoms with Crippen molar-refractivity contribution in [2.75, 3.05) is 13.2 Å². The molecule has 0 fully saturated rings. The number of hydrogen-bond donors (Lipinski definition) is 1. The van der Waals surface area contributed by atoms with E-state index < -0.39 is 0 Å². The molecule has 116 valence electrons. The molecule has 0 unspecified atom stereocenters. The minimum Gasteiger partial charge on any atom is -0.494 e. The van der Waals surface area contributed by atoms with E-state index >= 15 is 0 Å². The molecule has 0 radical (unpaired) electrons. The third-order valence-electron chi connectivity index (χ3n) is 3.80. The average molecular weight is 288 g/mol. The summed E-state index contributed by atoms with van der Waals surface area (Å²) in [4.78, 5) is 4.49. The zero-order valence-electron chi connectivity index (χ0n) is 13.4. The van der Waals surface area contributed by atoms with Crippen LogP contribution in [0.1, 0.15) is 57.9 Å². The van der Waals surface area contributed by atoms with Crippen LogP contribution < -0.4 is 10.1 Å². The van der Waals surface area contributed by atoms with Gasteiger partial charge in [0.2, 0.25) is 0 Å². The van der Waals surface area contributed by atoms with Crippen molar-refractivity contribution < 1.29 is 4.74 Å². The summed E-state index contributed by atoms with van der Waals surface area (Å²) in [6, 6.07) is 8.70. The van der Waals surface area contributed by atoms with Crippen molar-refractivity contribution in [1.82, 2.24) is 5.32 Å². The average Bonchev–Trinajstić information content (AvgIpc) is 2.93. The van der Waals surface area contributed by atoms with Crippen molar-refractivity contribution >= 4 is 5.84 Å². The molecule has 3 heteroatoms. The molecule has 1 aliphatic heterocycles. The SMILES string of the molecule is CCCCCCCCOc1ccc(C2=NC[C@H](C)N2)cc1. The van der Waals surface area contributed by atoms with Crippen molar-refractivity contribution in [3.8, 4) is 5.75 Å². The molecular formula is C18H28N2O. The van der Waals surface area contributed by atoms with E-state index in [9.17, 15) is 0 Å². The van der Waals surface area contributed by atoms with Crippen LogP contribution in [0.2, 0.25) is 0 Å². The van der Waals surface area contributed by atoms with Gasteiger partial charge in [0.1, 0.15) is 11.6 Å². The molecule has 0 aromatic heterocycles. The fraction of sp³-hybridized carbons (Fsp3) is 0.611. The molecule has 0 spiro atoms. The summed E-state index contributed by atoms with van der Waals surface area (Å²) >= 11 is 0. The van der Waals surface area contributed by atoms with E-state index in [2.05, 4.69) is 36.3 Å². The lowest BCUT2D eigenvalue weighted by Gasteiger charge is -2.08. The van der Waals surface area contributed by atoms with Gasteiger partial charge in [-0.05, 0) is 37.6 Å². The van der Waals surface area contributed by atoms with Crippen LogP contribution in [0.15, 0.2) is 29.3 Å². The molecule has 1 aliphatic rings. The second-order valence-electron chi connectivity index (χ2n) is 5.88. The van der Waals surface area contributed by atoms with Crippen molar-refractivity contribution in [3.05, 3.63) is 29.8 Å². The first kappa shape index (κ1) is 15.9. The zero-order chi connectivity index (χ0) is 14.9. The van der Waals surface area contributed by atoms with Gasteiger partial charge in [-0.25, -0.2) is 0 Å². The Bertz CT molecular complexity index is 439. The molecule has 1 atom stereocenters. The maximum absolute atomic E-state index is 5.79. The van der Waals surface area contributed by atoms with E-state index in [1.54, 1.807) is 0 Å². The first-order chi connectivity index (χ1) is 10.3. The van der Waals surface area contributed by atoms with E-state index in [1.807, 2.05) is 12.1 Å². The molecule has 1 N–H and O–H groups in total. The van der Waals surface area contributed by atoms with Gasteiger partial charge in [0.15, 0.2) is 0 Å². The third-order valence-corrected chi connectivity index (χ3v) is 3.80. The van der Waals surface area contributed by atoms with Crippen molar-refractivity contribution in [3.63, 3.8) is 0 Å². The van der Waals surface area contributed by atoms with Crippen LogP contribution in [0.25, 0.3) is 0 Å². The van der Waals surface area contributed by atoms with Gasteiger partial charge in [-0.15, -0.1) is 0 Å². The molecule has 0 saturated carbocycles. The molecule has 1 aromatic rings. The zero-order valence-corrected chi connectivity index (χ0v) is 13.4. The number of hydrogen-bond acceptors (Lipinski definition) is 3. The number of benzene rings is 1. The number of nitrogens with zero attached hydrogens (tertiary/aromatic N) is 1. The van der Waals surface area contributed by atoms with Crippen LogP contribution in [0.3, 0.4) is 0 Å². The number of ether oxygens (including phenoxy) is 1. The highest BCUT2D eigenvalue weighted by Crippen LogP contribution is 2.15. The van der Waals surface area contributed by atoms with E-state index in [0.29, 0.717) is 6.04 Å². The Labute approximate surface area is 128 Å². The molecule has 0 amide bonds. The summed E-state index contributed by atoms with van der Waals surface area (Å²) in [5, 5.41) is 3.38. The highest BCUT2D eigenvalue weighted by molar-refractivity contribution is 6.00. The first-order valence-corrected chi connectivity index (χ1v) is 8.34. The molecule has 1 heterocycles. The molecule has 0 saturated heterocycles. The van der Waals surface area contributed by atoms with Crippen molar-refractivity contribution in [2.45, 2.75) is 58.4 Å². The summed E-state index contributed by atoms with van der Waals surface area (Å²) in [7, 11) is 0. The monoisotopic (exact) mass is 288 g/mol. The van der Waals surface area contributed by atoms with E-state index in [-0.39, 0.29) is 0 Å². The summed E-state index contributed by atoms with van der Waals surface area (Å²) in [6.45, 7) is 6.09. The largest absolute Gasteiger partial charge is 0.494 e. The highest BCUT2D eigenvalue weighted by atomic mass is 16.5. The number of rotatable bonds is 9. The van der Waals surface area contributed by atoms with Crippen LogP contribution >= 0.6 is 0 Å². The second kappa shape index (κ2) is 8.71.